The van der Waals surface area contributed by atoms with Crippen molar-refractivity contribution in [3.05, 3.63) is 0 Å². The fourth-order valence-electron chi connectivity index (χ4n) is 0.889. The molecule has 1 aliphatic heterocycles. The van der Waals surface area contributed by atoms with Gasteiger partial charge in [0.25, 0.3) is 6.43 Å². The van der Waals surface area contributed by atoms with Crippen LogP contribution in [0.4, 0.5) is 8.78 Å². The third-order valence-corrected chi connectivity index (χ3v) is 1.46. The molecule has 1 rings (SSSR count). The molecular formula is C6H12ClF2NO3. The Morgan fingerprint density at radius 3 is 2.54 bits per heavy atom. The Hall–Kier alpha value is -0.300. The van der Waals surface area contributed by atoms with Crippen LogP contribution in [0.1, 0.15) is 0 Å². The first-order valence-corrected chi connectivity index (χ1v) is 3.36. The average Bonchev–Trinajstić information content (AvgIpc) is 2.05. The normalized spacial score (nSPS) is 21.6. The number of halogens is 3. The van der Waals surface area contributed by atoms with Crippen LogP contribution in [0.2, 0.25) is 0 Å². The van der Waals surface area contributed by atoms with Gasteiger partial charge in [0.05, 0.1) is 6.61 Å². The predicted molar refractivity (Wildman–Crippen MR) is 44.5 cm³/mol. The molecule has 3 N–H and O–H groups in total. The van der Waals surface area contributed by atoms with Crippen LogP contribution < -0.4 is 5.32 Å². The molecule has 4 nitrogen and oxygen atoms in total. The summed E-state index contributed by atoms with van der Waals surface area (Å²) in [5, 5.41) is 2.79. The largest absolute Gasteiger partial charge is 0.412 e. The Morgan fingerprint density at radius 2 is 2.15 bits per heavy atom. The van der Waals surface area contributed by atoms with Crippen molar-refractivity contribution in [3.8, 4) is 0 Å². The average molecular weight is 220 g/mol. The van der Waals surface area contributed by atoms with Crippen molar-refractivity contribution in [3.63, 3.8) is 0 Å². The summed E-state index contributed by atoms with van der Waals surface area (Å²) in [6.07, 6.45) is -3.87. The van der Waals surface area contributed by atoms with E-state index in [1.807, 2.05) is 0 Å². The molecule has 0 bridgehead atoms. The molecular weight excluding hydrogens is 208 g/mol. The SMILES string of the molecule is Cl.O.O=C(C(F)F)C1CNCCO1. The van der Waals surface area contributed by atoms with Crippen molar-refractivity contribution in [1.29, 1.82) is 0 Å². The van der Waals surface area contributed by atoms with Gasteiger partial charge in [0.1, 0.15) is 6.10 Å². The van der Waals surface area contributed by atoms with Crippen molar-refractivity contribution in [1.82, 2.24) is 5.32 Å². The molecule has 1 heterocycles. The van der Waals surface area contributed by atoms with E-state index in [1.54, 1.807) is 0 Å². The number of rotatable bonds is 2. The standard InChI is InChI=1S/C6H9F2NO2.ClH.H2O/c7-6(8)5(10)4-3-9-1-2-11-4;;/h4,6,9H,1-3H2;1H;1H2. The van der Waals surface area contributed by atoms with Gasteiger partial charge >= 0.3 is 0 Å². The van der Waals surface area contributed by atoms with Gasteiger partial charge in [0, 0.05) is 13.1 Å². The van der Waals surface area contributed by atoms with E-state index in [0.717, 1.165) is 0 Å². The quantitative estimate of drug-likeness (QED) is 0.675. The third kappa shape index (κ3) is 4.47. The molecule has 1 saturated heterocycles. The molecule has 1 unspecified atom stereocenters. The number of carbonyl (C=O) groups excluding carboxylic acids is 1. The van der Waals surface area contributed by atoms with E-state index in [4.69, 9.17) is 4.74 Å². The Bertz CT molecular complexity index is 153. The Kier molecular flexibility index (Phi) is 8.34. The second kappa shape index (κ2) is 7.14. The summed E-state index contributed by atoms with van der Waals surface area (Å²) in [6, 6.07) is 0. The van der Waals surface area contributed by atoms with Crippen LogP contribution in [0.3, 0.4) is 0 Å². The van der Waals surface area contributed by atoms with Crippen molar-refractivity contribution in [2.24, 2.45) is 0 Å². The molecule has 0 spiro atoms. The van der Waals surface area contributed by atoms with E-state index in [1.165, 1.54) is 0 Å². The van der Waals surface area contributed by atoms with E-state index in [-0.39, 0.29) is 24.4 Å². The topological polar surface area (TPSA) is 69.8 Å². The summed E-state index contributed by atoms with van der Waals surface area (Å²) in [5.74, 6) is -1.13. The molecule has 80 valence electrons. The zero-order valence-electron chi connectivity index (χ0n) is 6.76. The first kappa shape index (κ1) is 15.2. The second-order valence-electron chi connectivity index (χ2n) is 2.27. The summed E-state index contributed by atoms with van der Waals surface area (Å²) in [6.45, 7) is 1.14. The summed E-state index contributed by atoms with van der Waals surface area (Å²) >= 11 is 0. The lowest BCUT2D eigenvalue weighted by molar-refractivity contribution is -0.143. The summed E-state index contributed by atoms with van der Waals surface area (Å²) in [5.41, 5.74) is 0. The second-order valence-corrected chi connectivity index (χ2v) is 2.27. The van der Waals surface area contributed by atoms with Crippen molar-refractivity contribution < 1.29 is 23.8 Å². The van der Waals surface area contributed by atoms with Gasteiger partial charge in [-0.25, -0.2) is 8.78 Å². The van der Waals surface area contributed by atoms with Crippen molar-refractivity contribution in [2.75, 3.05) is 19.7 Å². The third-order valence-electron chi connectivity index (χ3n) is 1.46. The number of carbonyl (C=O) groups is 1. The molecule has 0 aliphatic carbocycles. The molecule has 0 aromatic carbocycles. The van der Waals surface area contributed by atoms with Crippen molar-refractivity contribution in [2.45, 2.75) is 12.5 Å². The number of hydrogen-bond acceptors (Lipinski definition) is 3. The summed E-state index contributed by atoms with van der Waals surface area (Å²) in [4.78, 5) is 10.6. The molecule has 0 amide bonds. The van der Waals surface area contributed by atoms with Crippen molar-refractivity contribution >= 4 is 18.2 Å². The molecule has 0 saturated carbocycles. The Balaban J connectivity index is 0. The number of ketones is 1. The van der Waals surface area contributed by atoms with Gasteiger partial charge in [-0.1, -0.05) is 0 Å². The maximum absolute atomic E-state index is 11.8. The van der Waals surface area contributed by atoms with Crippen LogP contribution in [0, 0.1) is 0 Å². The molecule has 0 radical (unpaired) electrons. The highest BCUT2D eigenvalue weighted by molar-refractivity contribution is 5.86. The number of Topliss-reactive ketones (excluding diaryl/α,β-unsaturated/α-hetero) is 1. The number of morpholine rings is 1. The van der Waals surface area contributed by atoms with Gasteiger partial charge in [0.2, 0.25) is 5.78 Å². The fraction of sp³-hybridized carbons (Fsp3) is 0.833. The summed E-state index contributed by atoms with van der Waals surface area (Å²) < 4.78 is 28.3. The van der Waals surface area contributed by atoms with Gasteiger partial charge in [-0.3, -0.25) is 4.79 Å². The molecule has 13 heavy (non-hydrogen) atoms. The highest BCUT2D eigenvalue weighted by Crippen LogP contribution is 2.04. The van der Waals surface area contributed by atoms with Crippen LogP contribution in [-0.2, 0) is 9.53 Å². The van der Waals surface area contributed by atoms with Crippen LogP contribution >= 0.6 is 12.4 Å². The molecule has 0 aromatic heterocycles. The maximum Gasteiger partial charge on any atom is 0.298 e. The lowest BCUT2D eigenvalue weighted by Crippen LogP contribution is -2.45. The first-order chi connectivity index (χ1) is 5.22. The lowest BCUT2D eigenvalue weighted by atomic mass is 10.2. The number of nitrogens with one attached hydrogen (secondary N) is 1. The predicted octanol–water partition coefficient (Wildman–Crippen LogP) is -0.594. The van der Waals surface area contributed by atoms with Gasteiger partial charge in [-0.15, -0.1) is 12.4 Å². The highest BCUT2D eigenvalue weighted by atomic mass is 35.5. The van der Waals surface area contributed by atoms with E-state index in [0.29, 0.717) is 13.2 Å². The Morgan fingerprint density at radius 1 is 1.54 bits per heavy atom. The molecule has 1 atom stereocenters. The minimum Gasteiger partial charge on any atom is -0.412 e. The van der Waals surface area contributed by atoms with Crippen LogP contribution in [-0.4, -0.2) is 43.5 Å². The zero-order chi connectivity index (χ0) is 8.27. The van der Waals surface area contributed by atoms with E-state index >= 15 is 0 Å². The van der Waals surface area contributed by atoms with Gasteiger partial charge < -0.3 is 15.5 Å². The molecule has 1 aliphatic rings. The van der Waals surface area contributed by atoms with Crippen LogP contribution in [0.15, 0.2) is 0 Å². The maximum atomic E-state index is 11.8. The number of alkyl halides is 2. The van der Waals surface area contributed by atoms with E-state index in [9.17, 15) is 13.6 Å². The minimum atomic E-state index is -2.92. The summed E-state index contributed by atoms with van der Waals surface area (Å²) in [7, 11) is 0. The molecule has 0 aromatic rings. The minimum absolute atomic E-state index is 0. The lowest BCUT2D eigenvalue weighted by Gasteiger charge is -2.21. The molecule has 7 heteroatoms. The number of ether oxygens (including phenoxy) is 1. The van der Waals surface area contributed by atoms with E-state index < -0.39 is 18.3 Å². The smallest absolute Gasteiger partial charge is 0.298 e. The highest BCUT2D eigenvalue weighted by Gasteiger charge is 2.28. The van der Waals surface area contributed by atoms with Gasteiger partial charge in [0.15, 0.2) is 0 Å². The monoisotopic (exact) mass is 219 g/mol. The zero-order valence-corrected chi connectivity index (χ0v) is 7.57. The fourth-order valence-corrected chi connectivity index (χ4v) is 0.889. The van der Waals surface area contributed by atoms with Gasteiger partial charge in [-0.2, -0.15) is 0 Å². The Labute approximate surface area is 80.3 Å². The first-order valence-electron chi connectivity index (χ1n) is 3.36. The van der Waals surface area contributed by atoms with E-state index in [2.05, 4.69) is 5.32 Å². The number of hydrogen-bond donors (Lipinski definition) is 1. The van der Waals surface area contributed by atoms with Crippen LogP contribution in [0.5, 0.6) is 0 Å². The van der Waals surface area contributed by atoms with Gasteiger partial charge in [-0.05, 0) is 0 Å². The van der Waals surface area contributed by atoms with Crippen LogP contribution in [0.25, 0.3) is 0 Å². The molecule has 1 fully saturated rings.